The topological polar surface area (TPSA) is 66.8 Å². The summed E-state index contributed by atoms with van der Waals surface area (Å²) in [6.07, 6.45) is 0.706. The molecule has 1 aromatic carbocycles. The second-order valence-electron chi connectivity index (χ2n) is 5.86. The van der Waals surface area contributed by atoms with Gasteiger partial charge in [0.15, 0.2) is 0 Å². The van der Waals surface area contributed by atoms with Crippen LogP contribution >= 0.6 is 0 Å². The largest absolute Gasteiger partial charge is 0.493 e. The Balaban J connectivity index is 1.95. The normalized spacial score (nSPS) is 17.8. The molecule has 1 saturated heterocycles. The molecule has 1 aromatic rings. The van der Waals surface area contributed by atoms with Crippen LogP contribution in [-0.4, -0.2) is 41.6 Å². The molecule has 6 heteroatoms. The first-order chi connectivity index (χ1) is 10.4. The SMILES string of the molecule is CC(C)c1cc(F)ccc1OCC1CCN(C(=O)C(=O)O)C1. The Labute approximate surface area is 128 Å². The fraction of sp³-hybridized carbons (Fsp3) is 0.500. The Morgan fingerprint density at radius 2 is 2.18 bits per heavy atom. The lowest BCUT2D eigenvalue weighted by molar-refractivity contribution is -0.155. The summed E-state index contributed by atoms with van der Waals surface area (Å²) in [6, 6.07) is 4.44. The molecule has 1 N–H and O–H groups in total. The van der Waals surface area contributed by atoms with E-state index in [4.69, 9.17) is 9.84 Å². The minimum absolute atomic E-state index is 0.0911. The monoisotopic (exact) mass is 309 g/mol. The first kappa shape index (κ1) is 16.3. The maximum atomic E-state index is 13.3. The molecule has 0 radical (unpaired) electrons. The van der Waals surface area contributed by atoms with Crippen molar-refractivity contribution in [3.8, 4) is 5.75 Å². The number of hydrogen-bond acceptors (Lipinski definition) is 3. The van der Waals surface area contributed by atoms with Crippen LogP contribution < -0.4 is 4.74 Å². The highest BCUT2D eigenvalue weighted by Gasteiger charge is 2.30. The molecule has 5 nitrogen and oxygen atoms in total. The number of carbonyl (C=O) groups excluding carboxylic acids is 1. The van der Waals surface area contributed by atoms with Gasteiger partial charge in [-0.25, -0.2) is 9.18 Å². The van der Waals surface area contributed by atoms with Gasteiger partial charge in [0.1, 0.15) is 11.6 Å². The number of carboxylic acid groups (broad SMARTS) is 1. The van der Waals surface area contributed by atoms with Crippen molar-refractivity contribution in [1.82, 2.24) is 4.90 Å². The highest BCUT2D eigenvalue weighted by molar-refractivity contribution is 6.31. The van der Waals surface area contributed by atoms with Gasteiger partial charge >= 0.3 is 11.9 Å². The van der Waals surface area contributed by atoms with Crippen LogP contribution in [0.1, 0.15) is 31.7 Å². The summed E-state index contributed by atoms with van der Waals surface area (Å²) in [5, 5.41) is 8.70. The molecular weight excluding hydrogens is 289 g/mol. The summed E-state index contributed by atoms with van der Waals surface area (Å²) < 4.78 is 19.1. The van der Waals surface area contributed by atoms with Crippen molar-refractivity contribution < 1.29 is 23.8 Å². The molecule has 1 unspecified atom stereocenters. The number of halogens is 1. The summed E-state index contributed by atoms with van der Waals surface area (Å²) in [7, 11) is 0. The highest BCUT2D eigenvalue weighted by atomic mass is 19.1. The van der Waals surface area contributed by atoms with Gasteiger partial charge in [-0.2, -0.15) is 0 Å². The van der Waals surface area contributed by atoms with Crippen LogP contribution in [-0.2, 0) is 9.59 Å². The molecule has 1 fully saturated rings. The number of nitrogens with zero attached hydrogens (tertiary/aromatic N) is 1. The summed E-state index contributed by atoms with van der Waals surface area (Å²) >= 11 is 0. The van der Waals surface area contributed by atoms with E-state index in [1.165, 1.54) is 17.0 Å². The maximum Gasteiger partial charge on any atom is 0.394 e. The summed E-state index contributed by atoms with van der Waals surface area (Å²) in [4.78, 5) is 23.4. The Kier molecular flexibility index (Phi) is 5.00. The summed E-state index contributed by atoms with van der Waals surface area (Å²) in [6.45, 7) is 5.12. The molecule has 1 heterocycles. The van der Waals surface area contributed by atoms with Crippen LogP contribution in [0.25, 0.3) is 0 Å². The number of carbonyl (C=O) groups is 2. The van der Waals surface area contributed by atoms with E-state index < -0.39 is 11.9 Å². The van der Waals surface area contributed by atoms with Gasteiger partial charge in [-0.05, 0) is 36.1 Å². The summed E-state index contributed by atoms with van der Waals surface area (Å²) in [5.41, 5.74) is 0.802. The van der Waals surface area contributed by atoms with Gasteiger partial charge in [0.2, 0.25) is 0 Å². The molecule has 0 spiro atoms. The van der Waals surface area contributed by atoms with Crippen molar-refractivity contribution in [3.63, 3.8) is 0 Å². The third kappa shape index (κ3) is 3.75. The number of amides is 1. The van der Waals surface area contributed by atoms with E-state index in [1.807, 2.05) is 13.8 Å². The van der Waals surface area contributed by atoms with Gasteiger partial charge in [-0.3, -0.25) is 4.79 Å². The third-order valence-corrected chi connectivity index (χ3v) is 3.82. The van der Waals surface area contributed by atoms with Gasteiger partial charge in [-0.15, -0.1) is 0 Å². The maximum absolute atomic E-state index is 13.3. The van der Waals surface area contributed by atoms with Gasteiger partial charge in [0.05, 0.1) is 6.61 Å². The zero-order valence-corrected chi connectivity index (χ0v) is 12.7. The first-order valence-electron chi connectivity index (χ1n) is 7.33. The Bertz CT molecular complexity index is 573. The van der Waals surface area contributed by atoms with Crippen LogP contribution in [0.15, 0.2) is 18.2 Å². The Morgan fingerprint density at radius 1 is 1.45 bits per heavy atom. The smallest absolute Gasteiger partial charge is 0.394 e. The van der Waals surface area contributed by atoms with Crippen molar-refractivity contribution in [2.45, 2.75) is 26.2 Å². The molecule has 1 amide bonds. The van der Waals surface area contributed by atoms with E-state index in [1.54, 1.807) is 6.07 Å². The molecule has 1 aliphatic heterocycles. The molecule has 0 saturated carbocycles. The van der Waals surface area contributed by atoms with Gasteiger partial charge in [0.25, 0.3) is 0 Å². The van der Waals surface area contributed by atoms with Crippen LogP contribution in [0, 0.1) is 11.7 Å². The lowest BCUT2D eigenvalue weighted by Gasteiger charge is -2.17. The van der Waals surface area contributed by atoms with Gasteiger partial charge in [-0.1, -0.05) is 13.8 Å². The second-order valence-corrected chi connectivity index (χ2v) is 5.86. The van der Waals surface area contributed by atoms with Gasteiger partial charge < -0.3 is 14.7 Å². The zero-order valence-electron chi connectivity index (χ0n) is 12.7. The van der Waals surface area contributed by atoms with Crippen molar-refractivity contribution in [2.75, 3.05) is 19.7 Å². The number of ether oxygens (including phenoxy) is 1. The lowest BCUT2D eigenvalue weighted by atomic mass is 10.0. The fourth-order valence-corrected chi connectivity index (χ4v) is 2.60. The van der Waals surface area contributed by atoms with Crippen LogP contribution in [0.4, 0.5) is 4.39 Å². The number of likely N-dealkylation sites (tertiary alicyclic amines) is 1. The van der Waals surface area contributed by atoms with E-state index in [9.17, 15) is 14.0 Å². The minimum Gasteiger partial charge on any atom is -0.493 e. The number of hydrogen-bond donors (Lipinski definition) is 1. The zero-order chi connectivity index (χ0) is 16.3. The fourth-order valence-electron chi connectivity index (χ4n) is 2.60. The van der Waals surface area contributed by atoms with E-state index in [0.717, 1.165) is 5.56 Å². The molecule has 0 bridgehead atoms. The van der Waals surface area contributed by atoms with Crippen LogP contribution in [0.5, 0.6) is 5.75 Å². The predicted molar refractivity (Wildman–Crippen MR) is 78.3 cm³/mol. The quantitative estimate of drug-likeness (QED) is 0.866. The Morgan fingerprint density at radius 3 is 2.82 bits per heavy atom. The average molecular weight is 309 g/mol. The standard InChI is InChI=1S/C16H20FNO4/c1-10(2)13-7-12(17)3-4-14(13)22-9-11-5-6-18(8-11)15(19)16(20)21/h3-4,7,10-11H,5-6,8-9H2,1-2H3,(H,20,21). The highest BCUT2D eigenvalue weighted by Crippen LogP contribution is 2.28. The molecule has 0 aromatic heterocycles. The molecular formula is C16H20FNO4. The number of aliphatic carboxylic acids is 1. The van der Waals surface area contributed by atoms with Crippen molar-refractivity contribution in [1.29, 1.82) is 0 Å². The number of rotatable bonds is 4. The molecule has 1 atom stereocenters. The van der Waals surface area contributed by atoms with E-state index >= 15 is 0 Å². The van der Waals surface area contributed by atoms with Crippen molar-refractivity contribution >= 4 is 11.9 Å². The number of carboxylic acids is 1. The minimum atomic E-state index is -1.43. The summed E-state index contributed by atoms with van der Waals surface area (Å²) in [5.74, 6) is -1.73. The molecule has 120 valence electrons. The number of benzene rings is 1. The predicted octanol–water partition coefficient (Wildman–Crippen LogP) is 2.26. The van der Waals surface area contributed by atoms with E-state index in [-0.39, 0.29) is 17.7 Å². The molecule has 0 aliphatic carbocycles. The first-order valence-corrected chi connectivity index (χ1v) is 7.33. The van der Waals surface area contributed by atoms with Crippen LogP contribution in [0.2, 0.25) is 0 Å². The Hall–Kier alpha value is -2.11. The van der Waals surface area contributed by atoms with Crippen molar-refractivity contribution in [3.05, 3.63) is 29.6 Å². The molecule has 1 aliphatic rings. The van der Waals surface area contributed by atoms with E-state index in [0.29, 0.717) is 31.9 Å². The molecule has 2 rings (SSSR count). The lowest BCUT2D eigenvalue weighted by Crippen LogP contribution is -2.35. The van der Waals surface area contributed by atoms with E-state index in [2.05, 4.69) is 0 Å². The van der Waals surface area contributed by atoms with Gasteiger partial charge in [0, 0.05) is 19.0 Å². The molecule has 22 heavy (non-hydrogen) atoms. The third-order valence-electron chi connectivity index (χ3n) is 3.82. The second kappa shape index (κ2) is 6.77. The average Bonchev–Trinajstić information content (AvgIpc) is 2.93. The van der Waals surface area contributed by atoms with Crippen molar-refractivity contribution in [2.24, 2.45) is 5.92 Å². The van der Waals surface area contributed by atoms with Crippen LogP contribution in [0.3, 0.4) is 0 Å².